The lowest BCUT2D eigenvalue weighted by Gasteiger charge is -2.35. The van der Waals surface area contributed by atoms with Crippen LogP contribution in [-0.2, 0) is 21.3 Å². The standard InChI is InChI=1S/C36H41N7O5S/c1-23-8-6-9-24(2)34(23)31-17-33-40-36(39-31)41-49(45,46)30-12-7-11-26(16-30)35(44)43(28(22-48-33)21-47-29-13-14-29)20-27-18-37-19-32(38-27)42-15-5-4-10-25(42)3/h6-9,11-12,16-19,25,28-29H,4-5,10,13-15,20-22H2,1-3H3,(H,39,40,41)/t25-,28-/m1/s1. The third-order valence-corrected chi connectivity index (χ3v) is 10.7. The molecule has 0 radical (unpaired) electrons. The molecular weight excluding hydrogens is 643 g/mol. The van der Waals surface area contributed by atoms with E-state index in [1.807, 2.05) is 32.0 Å². The van der Waals surface area contributed by atoms with E-state index in [0.717, 1.165) is 54.7 Å². The minimum absolute atomic E-state index is 0.0316. The molecule has 13 heteroatoms. The fourth-order valence-corrected chi connectivity index (χ4v) is 7.50. The molecule has 1 amide bonds. The molecule has 7 rings (SSSR count). The Labute approximate surface area is 287 Å². The third kappa shape index (κ3) is 7.37. The maximum Gasteiger partial charge on any atom is 0.264 e. The summed E-state index contributed by atoms with van der Waals surface area (Å²) in [4.78, 5) is 36.8. The number of nitrogens with zero attached hydrogens (tertiary/aromatic N) is 6. The van der Waals surface area contributed by atoms with E-state index in [4.69, 9.17) is 14.5 Å². The van der Waals surface area contributed by atoms with Gasteiger partial charge < -0.3 is 19.3 Å². The van der Waals surface area contributed by atoms with E-state index >= 15 is 0 Å². The molecule has 2 atom stereocenters. The van der Waals surface area contributed by atoms with E-state index < -0.39 is 16.1 Å². The number of hydrogen-bond acceptors (Lipinski definition) is 10. The van der Waals surface area contributed by atoms with Crippen LogP contribution in [0.3, 0.4) is 0 Å². The molecule has 2 fully saturated rings. The molecule has 3 aliphatic rings. The number of benzene rings is 2. The fraction of sp³-hybridized carbons (Fsp3) is 0.417. The van der Waals surface area contributed by atoms with Crippen molar-refractivity contribution in [2.24, 2.45) is 0 Å². The molecule has 1 saturated heterocycles. The van der Waals surface area contributed by atoms with Gasteiger partial charge in [-0.3, -0.25) is 9.78 Å². The first-order valence-corrected chi connectivity index (χ1v) is 18.3. The summed E-state index contributed by atoms with van der Waals surface area (Å²) in [5.41, 5.74) is 4.12. The highest BCUT2D eigenvalue weighted by Gasteiger charge is 2.32. The molecule has 2 aromatic heterocycles. The number of sulfonamides is 1. The van der Waals surface area contributed by atoms with Gasteiger partial charge in [-0.2, -0.15) is 4.98 Å². The van der Waals surface area contributed by atoms with E-state index in [-0.39, 0.29) is 54.1 Å². The summed E-state index contributed by atoms with van der Waals surface area (Å²) in [6.45, 7) is 7.39. The number of piperidine rings is 1. The number of aryl methyl sites for hydroxylation is 2. The zero-order valence-electron chi connectivity index (χ0n) is 28.0. The summed E-state index contributed by atoms with van der Waals surface area (Å²) in [6.07, 6.45) is 8.84. The van der Waals surface area contributed by atoms with Gasteiger partial charge in [0.2, 0.25) is 11.8 Å². The van der Waals surface area contributed by atoms with Crippen LogP contribution >= 0.6 is 0 Å². The fourth-order valence-electron chi connectivity index (χ4n) is 6.51. The van der Waals surface area contributed by atoms with Crippen molar-refractivity contribution < 1.29 is 22.7 Å². The highest BCUT2D eigenvalue weighted by molar-refractivity contribution is 7.92. The van der Waals surface area contributed by atoms with Gasteiger partial charge in [0, 0.05) is 29.8 Å². The normalized spacial score (nSPS) is 20.8. The Kier molecular flexibility index (Phi) is 9.21. The lowest BCUT2D eigenvalue weighted by atomic mass is 10.00. The first-order valence-electron chi connectivity index (χ1n) is 16.9. The summed E-state index contributed by atoms with van der Waals surface area (Å²) in [5, 5.41) is 0. The Hall–Kier alpha value is -4.62. The van der Waals surface area contributed by atoms with E-state index in [1.165, 1.54) is 18.6 Å². The number of ether oxygens (including phenoxy) is 2. The quantitative estimate of drug-likeness (QED) is 0.273. The Bertz CT molecular complexity index is 1950. The highest BCUT2D eigenvalue weighted by atomic mass is 32.2. The van der Waals surface area contributed by atoms with Gasteiger partial charge in [0.1, 0.15) is 12.4 Å². The van der Waals surface area contributed by atoms with Crippen molar-refractivity contribution in [3.63, 3.8) is 0 Å². The predicted molar refractivity (Wildman–Crippen MR) is 185 cm³/mol. The van der Waals surface area contributed by atoms with Crippen LogP contribution < -0.4 is 14.4 Å². The third-order valence-electron chi connectivity index (χ3n) is 9.33. The van der Waals surface area contributed by atoms with Crippen LogP contribution in [0.1, 0.15) is 66.2 Å². The Morgan fingerprint density at radius 1 is 0.980 bits per heavy atom. The van der Waals surface area contributed by atoms with Crippen LogP contribution in [0.25, 0.3) is 11.3 Å². The first-order chi connectivity index (χ1) is 23.6. The van der Waals surface area contributed by atoms with Crippen molar-refractivity contribution in [1.29, 1.82) is 0 Å². The van der Waals surface area contributed by atoms with Crippen LogP contribution in [0.5, 0.6) is 5.88 Å². The summed E-state index contributed by atoms with van der Waals surface area (Å²) in [6, 6.07) is 13.4. The van der Waals surface area contributed by atoms with Crippen LogP contribution in [0, 0.1) is 13.8 Å². The molecule has 2 aliphatic heterocycles. The number of fused-ring (bicyclic) bond motifs is 4. The SMILES string of the molecule is Cc1cccc(C)c1-c1cc2nc(n1)NS(=O)(=O)c1cccc(c1)C(=O)N(Cc1cncc(N3CCCC[C@H]3C)n1)[C@H](COC1CC1)CO2. The Morgan fingerprint density at radius 3 is 2.55 bits per heavy atom. The van der Waals surface area contributed by atoms with Gasteiger partial charge in [-0.1, -0.05) is 24.3 Å². The zero-order chi connectivity index (χ0) is 34.1. The molecule has 0 spiro atoms. The van der Waals surface area contributed by atoms with E-state index in [2.05, 4.69) is 31.5 Å². The van der Waals surface area contributed by atoms with Gasteiger partial charge in [-0.05, 0) is 82.2 Å². The number of amides is 1. The van der Waals surface area contributed by atoms with Crippen LogP contribution in [0.15, 0.2) is 65.8 Å². The monoisotopic (exact) mass is 683 g/mol. The van der Waals surface area contributed by atoms with Gasteiger partial charge in [-0.25, -0.2) is 23.1 Å². The largest absolute Gasteiger partial charge is 0.475 e. The number of carbonyl (C=O) groups excluding carboxylic acids is 1. The van der Waals surface area contributed by atoms with Gasteiger partial charge >= 0.3 is 0 Å². The van der Waals surface area contributed by atoms with Gasteiger partial charge in [-0.15, -0.1) is 0 Å². The minimum Gasteiger partial charge on any atom is -0.475 e. The van der Waals surface area contributed by atoms with Crippen molar-refractivity contribution in [2.75, 3.05) is 29.4 Å². The molecule has 1 N–H and O–H groups in total. The summed E-state index contributed by atoms with van der Waals surface area (Å²) < 4.78 is 42.5. The van der Waals surface area contributed by atoms with Crippen LogP contribution in [-0.4, -0.2) is 77.1 Å². The molecule has 4 bridgehead atoms. The Balaban J connectivity index is 1.31. The zero-order valence-corrected chi connectivity index (χ0v) is 28.8. The minimum atomic E-state index is -4.18. The number of hydrogen-bond donors (Lipinski definition) is 1. The van der Waals surface area contributed by atoms with Crippen LogP contribution in [0.4, 0.5) is 11.8 Å². The predicted octanol–water partition coefficient (Wildman–Crippen LogP) is 5.31. The van der Waals surface area contributed by atoms with E-state index in [1.54, 1.807) is 35.5 Å². The van der Waals surface area contributed by atoms with E-state index in [0.29, 0.717) is 17.4 Å². The van der Waals surface area contributed by atoms with E-state index in [9.17, 15) is 13.2 Å². The summed E-state index contributed by atoms with van der Waals surface area (Å²) in [5.74, 6) is 0.433. The maximum absolute atomic E-state index is 14.5. The second kappa shape index (κ2) is 13.7. The Morgan fingerprint density at radius 2 is 1.78 bits per heavy atom. The summed E-state index contributed by atoms with van der Waals surface area (Å²) >= 11 is 0. The van der Waals surface area contributed by atoms with Gasteiger partial charge in [0.15, 0.2) is 0 Å². The number of rotatable bonds is 7. The number of nitrogens with one attached hydrogen (secondary N) is 1. The van der Waals surface area contributed by atoms with Crippen LogP contribution in [0.2, 0.25) is 0 Å². The molecule has 1 aliphatic carbocycles. The molecule has 4 aromatic rings. The lowest BCUT2D eigenvalue weighted by Crippen LogP contribution is -2.46. The average molecular weight is 684 g/mol. The molecular formula is C36H41N7O5S. The number of carbonyl (C=O) groups is 1. The molecule has 12 nitrogen and oxygen atoms in total. The molecule has 2 aromatic carbocycles. The average Bonchev–Trinajstić information content (AvgIpc) is 3.92. The van der Waals surface area contributed by atoms with Crippen molar-refractivity contribution in [2.45, 2.75) is 82.5 Å². The smallest absolute Gasteiger partial charge is 0.264 e. The van der Waals surface area contributed by atoms with Crippen molar-refractivity contribution in [3.8, 4) is 17.1 Å². The maximum atomic E-state index is 14.5. The number of anilines is 2. The molecule has 4 heterocycles. The molecule has 1 saturated carbocycles. The molecule has 0 unspecified atom stereocenters. The van der Waals surface area contributed by atoms with Crippen molar-refractivity contribution in [1.82, 2.24) is 24.8 Å². The van der Waals surface area contributed by atoms with Crippen molar-refractivity contribution in [3.05, 3.63) is 83.3 Å². The second-order valence-corrected chi connectivity index (χ2v) is 14.8. The highest BCUT2D eigenvalue weighted by Crippen LogP contribution is 2.31. The molecule has 49 heavy (non-hydrogen) atoms. The topological polar surface area (TPSA) is 140 Å². The van der Waals surface area contributed by atoms with Crippen molar-refractivity contribution >= 4 is 27.7 Å². The summed E-state index contributed by atoms with van der Waals surface area (Å²) in [7, 11) is -4.18. The first kappa shape index (κ1) is 32.9. The molecule has 256 valence electrons. The number of aromatic nitrogens is 4. The van der Waals surface area contributed by atoms with Gasteiger partial charge in [0.25, 0.3) is 15.9 Å². The second-order valence-electron chi connectivity index (χ2n) is 13.2. The van der Waals surface area contributed by atoms with Gasteiger partial charge in [0.05, 0.1) is 54.0 Å². The lowest BCUT2D eigenvalue weighted by molar-refractivity contribution is 0.0209.